The number of rotatable bonds is 4. The van der Waals surface area contributed by atoms with Gasteiger partial charge in [0.15, 0.2) is 0 Å². The van der Waals surface area contributed by atoms with Crippen LogP contribution in [0, 0.1) is 0 Å². The predicted octanol–water partition coefficient (Wildman–Crippen LogP) is 1.78. The summed E-state index contributed by atoms with van der Waals surface area (Å²) in [4.78, 5) is 12.2. The Morgan fingerprint density at radius 3 is 2.55 bits per heavy atom. The molecule has 3 rings (SSSR count). The molecule has 0 aliphatic heterocycles. The van der Waals surface area contributed by atoms with Crippen LogP contribution in [0.3, 0.4) is 0 Å². The fourth-order valence-corrected chi connectivity index (χ4v) is 2.70. The number of hydrogen-bond donors (Lipinski definition) is 0. The Balaban J connectivity index is 1.67. The Morgan fingerprint density at radius 2 is 1.91 bits per heavy atom. The highest BCUT2D eigenvalue weighted by atomic mass is 16.6. The van der Waals surface area contributed by atoms with Crippen molar-refractivity contribution in [2.24, 2.45) is 0 Å². The second-order valence-corrected chi connectivity index (χ2v) is 5.30. The maximum atomic E-state index is 12.2. The van der Waals surface area contributed by atoms with Gasteiger partial charge in [-0.3, -0.25) is 0 Å². The molecule has 1 aromatic carbocycles. The van der Waals surface area contributed by atoms with Gasteiger partial charge in [0.25, 0.3) is 0 Å². The number of aromatic nitrogens is 4. The summed E-state index contributed by atoms with van der Waals surface area (Å²) in [6.07, 6.45) is 5.31. The van der Waals surface area contributed by atoms with Crippen molar-refractivity contribution in [1.82, 2.24) is 20.2 Å². The van der Waals surface area contributed by atoms with Gasteiger partial charge in [-0.05, 0) is 54.0 Å². The lowest BCUT2D eigenvalue weighted by atomic mass is 9.94. The number of methoxy groups -OCH3 is 1. The minimum Gasteiger partial charge on any atom is -0.456 e. The number of nitrogens with zero attached hydrogens (tertiary/aromatic N) is 4. The van der Waals surface area contributed by atoms with E-state index in [4.69, 9.17) is 9.47 Å². The van der Waals surface area contributed by atoms with Crippen molar-refractivity contribution >= 4 is 5.97 Å². The Bertz CT molecular complexity index is 612. The molecule has 116 valence electrons. The molecule has 1 aliphatic rings. The Morgan fingerprint density at radius 1 is 1.18 bits per heavy atom. The van der Waals surface area contributed by atoms with Crippen molar-refractivity contribution in [3.63, 3.8) is 0 Å². The SMILES string of the molecule is CO[C@H]1CCCC[C@@H]1OC(=O)c1ccc(-n2cnnn2)cc1. The van der Waals surface area contributed by atoms with Gasteiger partial charge in [-0.1, -0.05) is 6.42 Å². The van der Waals surface area contributed by atoms with Crippen molar-refractivity contribution in [3.8, 4) is 5.69 Å². The molecule has 0 saturated heterocycles. The third-order valence-corrected chi connectivity index (χ3v) is 3.92. The molecule has 1 fully saturated rings. The highest BCUT2D eigenvalue weighted by Gasteiger charge is 2.28. The summed E-state index contributed by atoms with van der Waals surface area (Å²) in [6.45, 7) is 0. The molecule has 1 heterocycles. The van der Waals surface area contributed by atoms with Crippen LogP contribution in [0.5, 0.6) is 0 Å². The van der Waals surface area contributed by atoms with Gasteiger partial charge >= 0.3 is 5.97 Å². The molecule has 1 aliphatic carbocycles. The molecule has 0 amide bonds. The summed E-state index contributed by atoms with van der Waals surface area (Å²) < 4.78 is 12.5. The Hall–Kier alpha value is -2.28. The topological polar surface area (TPSA) is 79.1 Å². The van der Waals surface area contributed by atoms with E-state index >= 15 is 0 Å². The third-order valence-electron chi connectivity index (χ3n) is 3.92. The van der Waals surface area contributed by atoms with Crippen LogP contribution >= 0.6 is 0 Å². The number of ether oxygens (including phenoxy) is 2. The maximum Gasteiger partial charge on any atom is 0.338 e. The quantitative estimate of drug-likeness (QED) is 0.801. The number of esters is 1. The molecule has 22 heavy (non-hydrogen) atoms. The summed E-state index contributed by atoms with van der Waals surface area (Å²) in [7, 11) is 1.66. The molecule has 0 bridgehead atoms. The van der Waals surface area contributed by atoms with E-state index in [1.54, 1.807) is 31.4 Å². The minimum atomic E-state index is -0.322. The standard InChI is InChI=1S/C15H18N4O3/c1-21-13-4-2-3-5-14(13)22-15(20)11-6-8-12(9-7-11)19-10-16-17-18-19/h6-10,13-14H,2-5H2,1H3/t13-,14-/m0/s1. The lowest BCUT2D eigenvalue weighted by Crippen LogP contribution is -2.35. The van der Waals surface area contributed by atoms with Gasteiger partial charge in [-0.25, -0.2) is 9.48 Å². The van der Waals surface area contributed by atoms with Crippen LogP contribution in [0.25, 0.3) is 5.69 Å². The van der Waals surface area contributed by atoms with Gasteiger partial charge < -0.3 is 9.47 Å². The molecule has 2 aromatic rings. The Labute approximate surface area is 128 Å². The fraction of sp³-hybridized carbons (Fsp3) is 0.467. The normalized spacial score (nSPS) is 21.5. The number of hydrogen-bond acceptors (Lipinski definition) is 6. The minimum absolute atomic E-state index is 0.00167. The van der Waals surface area contributed by atoms with E-state index in [9.17, 15) is 4.79 Å². The largest absolute Gasteiger partial charge is 0.456 e. The zero-order chi connectivity index (χ0) is 15.4. The lowest BCUT2D eigenvalue weighted by molar-refractivity contribution is -0.0539. The van der Waals surface area contributed by atoms with Gasteiger partial charge in [0.2, 0.25) is 0 Å². The molecule has 1 saturated carbocycles. The van der Waals surface area contributed by atoms with Gasteiger partial charge in [-0.15, -0.1) is 5.10 Å². The van der Waals surface area contributed by atoms with E-state index in [2.05, 4.69) is 15.5 Å². The van der Waals surface area contributed by atoms with Crippen LogP contribution in [0.1, 0.15) is 36.0 Å². The fourth-order valence-electron chi connectivity index (χ4n) is 2.70. The first-order chi connectivity index (χ1) is 10.8. The smallest absolute Gasteiger partial charge is 0.338 e. The summed E-state index contributed by atoms with van der Waals surface area (Å²) in [6, 6.07) is 6.98. The van der Waals surface area contributed by atoms with Crippen molar-refractivity contribution in [1.29, 1.82) is 0 Å². The van der Waals surface area contributed by atoms with E-state index in [-0.39, 0.29) is 18.2 Å². The number of carbonyl (C=O) groups is 1. The number of tetrazole rings is 1. The molecular weight excluding hydrogens is 284 g/mol. The van der Waals surface area contributed by atoms with Crippen molar-refractivity contribution in [2.45, 2.75) is 37.9 Å². The second kappa shape index (κ2) is 6.65. The molecule has 0 unspecified atom stereocenters. The van der Waals surface area contributed by atoms with E-state index in [0.717, 1.165) is 31.4 Å². The van der Waals surface area contributed by atoms with Crippen LogP contribution < -0.4 is 0 Å². The first-order valence-corrected chi connectivity index (χ1v) is 7.35. The third kappa shape index (κ3) is 3.14. The molecular formula is C15H18N4O3. The molecule has 1 aromatic heterocycles. The molecule has 0 radical (unpaired) electrons. The van der Waals surface area contributed by atoms with E-state index in [1.807, 2.05) is 0 Å². The molecule has 7 nitrogen and oxygen atoms in total. The Kier molecular flexibility index (Phi) is 4.43. The first-order valence-electron chi connectivity index (χ1n) is 7.35. The maximum absolute atomic E-state index is 12.2. The van der Waals surface area contributed by atoms with Crippen LogP contribution in [0.2, 0.25) is 0 Å². The monoisotopic (exact) mass is 302 g/mol. The summed E-state index contributed by atoms with van der Waals surface area (Å²) in [5, 5.41) is 11.0. The number of carbonyl (C=O) groups excluding carboxylic acids is 1. The average molecular weight is 302 g/mol. The second-order valence-electron chi connectivity index (χ2n) is 5.30. The van der Waals surface area contributed by atoms with Crippen LogP contribution in [0.4, 0.5) is 0 Å². The first kappa shape index (κ1) is 14.6. The lowest BCUT2D eigenvalue weighted by Gasteiger charge is -2.29. The van der Waals surface area contributed by atoms with E-state index in [1.165, 1.54) is 11.0 Å². The highest BCUT2D eigenvalue weighted by molar-refractivity contribution is 5.89. The highest BCUT2D eigenvalue weighted by Crippen LogP contribution is 2.24. The predicted molar refractivity (Wildman–Crippen MR) is 77.6 cm³/mol. The van der Waals surface area contributed by atoms with Crippen molar-refractivity contribution < 1.29 is 14.3 Å². The van der Waals surface area contributed by atoms with Gasteiger partial charge in [-0.2, -0.15) is 0 Å². The molecule has 7 heteroatoms. The average Bonchev–Trinajstić information content (AvgIpc) is 3.10. The zero-order valence-corrected chi connectivity index (χ0v) is 12.4. The summed E-state index contributed by atoms with van der Waals surface area (Å²) >= 11 is 0. The van der Waals surface area contributed by atoms with Gasteiger partial charge in [0.05, 0.1) is 17.4 Å². The zero-order valence-electron chi connectivity index (χ0n) is 12.4. The van der Waals surface area contributed by atoms with Crippen LogP contribution in [0.15, 0.2) is 30.6 Å². The van der Waals surface area contributed by atoms with Gasteiger partial charge in [0, 0.05) is 7.11 Å². The summed E-state index contributed by atoms with van der Waals surface area (Å²) in [5.41, 5.74) is 1.30. The van der Waals surface area contributed by atoms with Gasteiger partial charge in [0.1, 0.15) is 12.4 Å². The van der Waals surface area contributed by atoms with Crippen molar-refractivity contribution in [2.75, 3.05) is 7.11 Å². The van der Waals surface area contributed by atoms with E-state index < -0.39 is 0 Å². The molecule has 0 N–H and O–H groups in total. The number of benzene rings is 1. The van der Waals surface area contributed by atoms with Crippen LogP contribution in [-0.2, 0) is 9.47 Å². The van der Waals surface area contributed by atoms with E-state index in [0.29, 0.717) is 5.56 Å². The summed E-state index contributed by atoms with van der Waals surface area (Å²) in [5.74, 6) is -0.322. The molecule has 2 atom stereocenters. The molecule has 0 spiro atoms. The van der Waals surface area contributed by atoms with Crippen molar-refractivity contribution in [3.05, 3.63) is 36.2 Å². The van der Waals surface area contributed by atoms with Crippen LogP contribution in [-0.4, -0.2) is 45.5 Å².